The number of carbonyl (C=O) groups is 1. The Morgan fingerprint density at radius 1 is 1.58 bits per heavy atom. The summed E-state index contributed by atoms with van der Waals surface area (Å²) in [5, 5.41) is 8.77. The smallest absolute Gasteiger partial charge is 0.336 e. The molecule has 0 aromatic heterocycles. The lowest BCUT2D eigenvalue weighted by Gasteiger charge is -2.01. The molecule has 0 spiro atoms. The number of carboxylic acids is 1. The van der Waals surface area contributed by atoms with E-state index in [0.29, 0.717) is 11.1 Å². The molecular weight excluding hydrogens is 152 g/mol. The van der Waals surface area contributed by atoms with Crippen LogP contribution in [0.25, 0.3) is 6.08 Å². The second-order valence-corrected chi connectivity index (χ2v) is 2.60. The molecule has 0 aliphatic rings. The predicted molar refractivity (Wildman–Crippen MR) is 48.2 cm³/mol. The summed E-state index contributed by atoms with van der Waals surface area (Å²) in [7, 11) is 0. The van der Waals surface area contributed by atoms with Crippen molar-refractivity contribution in [3.8, 4) is 0 Å². The van der Waals surface area contributed by atoms with Gasteiger partial charge in [0.05, 0.1) is 5.56 Å². The average molecular weight is 162 g/mol. The van der Waals surface area contributed by atoms with Gasteiger partial charge in [-0.25, -0.2) is 4.79 Å². The van der Waals surface area contributed by atoms with Gasteiger partial charge in [0.25, 0.3) is 0 Å². The van der Waals surface area contributed by atoms with E-state index in [0.717, 1.165) is 5.56 Å². The van der Waals surface area contributed by atoms with Crippen LogP contribution in [-0.4, -0.2) is 11.1 Å². The standard InChI is InChI=1S/C10H10O2/c1-3-8-5-4-7(2)6-9(8)10(11)12/h3-6H,1H2,2H3,(H,11,12). The maximum Gasteiger partial charge on any atom is 0.336 e. The highest BCUT2D eigenvalue weighted by Crippen LogP contribution is 2.12. The first-order valence-electron chi connectivity index (χ1n) is 3.61. The van der Waals surface area contributed by atoms with Gasteiger partial charge in [-0.3, -0.25) is 0 Å². The summed E-state index contributed by atoms with van der Waals surface area (Å²) in [4.78, 5) is 10.7. The van der Waals surface area contributed by atoms with Crippen molar-refractivity contribution in [2.24, 2.45) is 0 Å². The molecule has 0 saturated carbocycles. The first-order chi connectivity index (χ1) is 5.65. The fourth-order valence-corrected chi connectivity index (χ4v) is 1.03. The maximum absolute atomic E-state index is 10.7. The van der Waals surface area contributed by atoms with Crippen molar-refractivity contribution in [2.45, 2.75) is 6.92 Å². The van der Waals surface area contributed by atoms with Crippen LogP contribution in [0, 0.1) is 6.92 Å². The first kappa shape index (κ1) is 8.53. The summed E-state index contributed by atoms with van der Waals surface area (Å²) in [6, 6.07) is 5.26. The Labute approximate surface area is 71.2 Å². The van der Waals surface area contributed by atoms with Crippen molar-refractivity contribution >= 4 is 12.0 Å². The molecule has 0 aliphatic heterocycles. The van der Waals surface area contributed by atoms with Crippen molar-refractivity contribution < 1.29 is 9.90 Å². The third-order valence-corrected chi connectivity index (χ3v) is 1.66. The summed E-state index contributed by atoms with van der Waals surface area (Å²) < 4.78 is 0. The van der Waals surface area contributed by atoms with Crippen LogP contribution in [0.2, 0.25) is 0 Å². The summed E-state index contributed by atoms with van der Waals surface area (Å²) in [5.74, 6) is -0.909. The normalized spacial score (nSPS) is 9.42. The Kier molecular flexibility index (Phi) is 2.29. The Morgan fingerprint density at radius 2 is 2.25 bits per heavy atom. The molecule has 0 heterocycles. The van der Waals surface area contributed by atoms with E-state index in [1.807, 2.05) is 13.0 Å². The quantitative estimate of drug-likeness (QED) is 0.724. The molecule has 0 unspecified atom stereocenters. The molecule has 0 amide bonds. The van der Waals surface area contributed by atoms with Crippen LogP contribution in [0.4, 0.5) is 0 Å². The van der Waals surface area contributed by atoms with E-state index in [4.69, 9.17) is 5.11 Å². The summed E-state index contributed by atoms with van der Waals surface area (Å²) in [6.07, 6.45) is 1.54. The van der Waals surface area contributed by atoms with Crippen LogP contribution in [-0.2, 0) is 0 Å². The molecule has 12 heavy (non-hydrogen) atoms. The lowest BCUT2D eigenvalue weighted by molar-refractivity contribution is 0.0696. The van der Waals surface area contributed by atoms with E-state index in [1.54, 1.807) is 18.2 Å². The molecular formula is C10H10O2. The van der Waals surface area contributed by atoms with Crippen molar-refractivity contribution in [1.29, 1.82) is 0 Å². The monoisotopic (exact) mass is 162 g/mol. The Balaban J connectivity index is 3.30. The number of aromatic carboxylic acids is 1. The highest BCUT2D eigenvalue weighted by Gasteiger charge is 2.06. The van der Waals surface area contributed by atoms with Crippen LogP contribution in [0.3, 0.4) is 0 Å². The van der Waals surface area contributed by atoms with Crippen molar-refractivity contribution in [1.82, 2.24) is 0 Å². The van der Waals surface area contributed by atoms with E-state index in [-0.39, 0.29) is 0 Å². The molecule has 1 aromatic carbocycles. The van der Waals surface area contributed by atoms with E-state index in [1.165, 1.54) is 0 Å². The molecule has 0 saturated heterocycles. The summed E-state index contributed by atoms with van der Waals surface area (Å²) in [5.41, 5.74) is 1.91. The Bertz CT molecular complexity index is 327. The van der Waals surface area contributed by atoms with Crippen molar-refractivity contribution in [3.63, 3.8) is 0 Å². The van der Waals surface area contributed by atoms with E-state index in [2.05, 4.69) is 6.58 Å². The molecule has 1 aromatic rings. The van der Waals surface area contributed by atoms with Crippen molar-refractivity contribution in [3.05, 3.63) is 41.5 Å². The molecule has 2 heteroatoms. The Morgan fingerprint density at radius 3 is 2.75 bits per heavy atom. The fourth-order valence-electron chi connectivity index (χ4n) is 1.03. The minimum atomic E-state index is -0.909. The molecule has 1 N–H and O–H groups in total. The number of carboxylic acid groups (broad SMARTS) is 1. The van der Waals surface area contributed by atoms with E-state index in [9.17, 15) is 4.79 Å². The zero-order chi connectivity index (χ0) is 9.14. The fraction of sp³-hybridized carbons (Fsp3) is 0.100. The topological polar surface area (TPSA) is 37.3 Å². The zero-order valence-electron chi connectivity index (χ0n) is 6.87. The second kappa shape index (κ2) is 3.22. The van der Waals surface area contributed by atoms with Gasteiger partial charge in [-0.2, -0.15) is 0 Å². The largest absolute Gasteiger partial charge is 0.478 e. The molecule has 2 nitrogen and oxygen atoms in total. The summed E-state index contributed by atoms with van der Waals surface area (Å²) >= 11 is 0. The number of aryl methyl sites for hydroxylation is 1. The van der Waals surface area contributed by atoms with Crippen LogP contribution in [0.1, 0.15) is 21.5 Å². The maximum atomic E-state index is 10.7. The lowest BCUT2D eigenvalue weighted by atomic mass is 10.0. The first-order valence-corrected chi connectivity index (χ1v) is 3.61. The molecule has 0 radical (unpaired) electrons. The minimum absolute atomic E-state index is 0.310. The highest BCUT2D eigenvalue weighted by molar-refractivity contribution is 5.92. The van der Waals surface area contributed by atoms with Crippen molar-refractivity contribution in [2.75, 3.05) is 0 Å². The van der Waals surface area contributed by atoms with Crippen LogP contribution < -0.4 is 0 Å². The third kappa shape index (κ3) is 1.53. The molecule has 1 rings (SSSR count). The molecule has 0 bridgehead atoms. The highest BCUT2D eigenvalue weighted by atomic mass is 16.4. The minimum Gasteiger partial charge on any atom is -0.478 e. The van der Waals surface area contributed by atoms with E-state index < -0.39 is 5.97 Å². The van der Waals surface area contributed by atoms with Gasteiger partial charge in [0.1, 0.15) is 0 Å². The van der Waals surface area contributed by atoms with Gasteiger partial charge >= 0.3 is 5.97 Å². The van der Waals surface area contributed by atoms with Gasteiger partial charge in [0.15, 0.2) is 0 Å². The molecule has 0 aliphatic carbocycles. The third-order valence-electron chi connectivity index (χ3n) is 1.66. The molecule has 0 atom stereocenters. The molecule has 62 valence electrons. The van der Waals surface area contributed by atoms with Gasteiger partial charge in [0.2, 0.25) is 0 Å². The Hall–Kier alpha value is -1.57. The zero-order valence-corrected chi connectivity index (χ0v) is 6.87. The van der Waals surface area contributed by atoms with Crippen LogP contribution in [0.15, 0.2) is 24.8 Å². The number of hydrogen-bond acceptors (Lipinski definition) is 1. The van der Waals surface area contributed by atoms with Crippen LogP contribution >= 0.6 is 0 Å². The lowest BCUT2D eigenvalue weighted by Crippen LogP contribution is -1.99. The average Bonchev–Trinajstić information content (AvgIpc) is 2.04. The van der Waals surface area contributed by atoms with Gasteiger partial charge in [-0.1, -0.05) is 30.4 Å². The predicted octanol–water partition coefficient (Wildman–Crippen LogP) is 2.34. The van der Waals surface area contributed by atoms with Gasteiger partial charge in [-0.15, -0.1) is 0 Å². The van der Waals surface area contributed by atoms with Gasteiger partial charge in [-0.05, 0) is 18.6 Å². The van der Waals surface area contributed by atoms with Crippen LogP contribution in [0.5, 0.6) is 0 Å². The van der Waals surface area contributed by atoms with E-state index >= 15 is 0 Å². The molecule has 0 fully saturated rings. The summed E-state index contributed by atoms with van der Waals surface area (Å²) in [6.45, 7) is 5.40. The number of benzene rings is 1. The van der Waals surface area contributed by atoms with Gasteiger partial charge < -0.3 is 5.11 Å². The second-order valence-electron chi connectivity index (χ2n) is 2.60. The van der Waals surface area contributed by atoms with Gasteiger partial charge in [0, 0.05) is 0 Å². The SMILES string of the molecule is C=Cc1ccc(C)cc1C(=O)O. The number of hydrogen-bond donors (Lipinski definition) is 1. The number of rotatable bonds is 2.